The monoisotopic (exact) mass is 344 g/mol. The zero-order valence-corrected chi connectivity index (χ0v) is 14.7. The highest BCUT2D eigenvalue weighted by molar-refractivity contribution is 7.91. The maximum atomic E-state index is 12.3. The molecule has 1 saturated heterocycles. The largest absolute Gasteiger partial charge is 0.345 e. The van der Waals surface area contributed by atoms with Gasteiger partial charge in [-0.05, 0) is 19.3 Å². The van der Waals surface area contributed by atoms with Gasteiger partial charge in [0.15, 0.2) is 9.84 Å². The van der Waals surface area contributed by atoms with Crippen molar-refractivity contribution in [3.8, 4) is 0 Å². The lowest BCUT2D eigenvalue weighted by atomic mass is 9.86. The lowest BCUT2D eigenvalue weighted by molar-refractivity contribution is -0.135. The summed E-state index contributed by atoms with van der Waals surface area (Å²) in [6.45, 7) is 2.12. The predicted octanol–water partition coefficient (Wildman–Crippen LogP) is 1.11. The van der Waals surface area contributed by atoms with Crippen molar-refractivity contribution in [1.82, 2.24) is 10.2 Å². The quantitative estimate of drug-likeness (QED) is 0.810. The molecule has 0 aromatic heterocycles. The lowest BCUT2D eigenvalue weighted by Crippen LogP contribution is -2.51. The van der Waals surface area contributed by atoms with Crippen LogP contribution >= 0.6 is 0 Å². The van der Waals surface area contributed by atoms with Gasteiger partial charge in [0.25, 0.3) is 0 Å². The van der Waals surface area contributed by atoms with Crippen molar-refractivity contribution in [2.75, 3.05) is 24.6 Å². The maximum Gasteiger partial charge on any atom is 0.244 e. The molecule has 0 radical (unpaired) electrons. The van der Waals surface area contributed by atoms with Crippen molar-refractivity contribution in [1.29, 1.82) is 0 Å². The molecule has 0 bridgehead atoms. The zero-order valence-electron chi connectivity index (χ0n) is 13.9. The van der Waals surface area contributed by atoms with Crippen LogP contribution in [0.2, 0.25) is 0 Å². The molecular formula is C16H28N2O4S. The molecule has 132 valence electrons. The Morgan fingerprint density at radius 2 is 1.74 bits per heavy atom. The lowest BCUT2D eigenvalue weighted by Gasteiger charge is -2.29. The third-order valence-electron chi connectivity index (χ3n) is 4.91. The fourth-order valence-electron chi connectivity index (χ4n) is 3.39. The molecule has 2 aliphatic rings. The molecule has 7 heteroatoms. The number of rotatable bonds is 5. The van der Waals surface area contributed by atoms with Crippen LogP contribution in [0.1, 0.15) is 51.9 Å². The van der Waals surface area contributed by atoms with E-state index in [9.17, 15) is 18.0 Å². The van der Waals surface area contributed by atoms with Crippen LogP contribution in [-0.2, 0) is 19.4 Å². The number of nitrogens with one attached hydrogen (secondary N) is 1. The average molecular weight is 344 g/mol. The molecule has 0 unspecified atom stereocenters. The first-order valence-corrected chi connectivity index (χ1v) is 10.5. The van der Waals surface area contributed by atoms with Crippen molar-refractivity contribution < 1.29 is 18.0 Å². The smallest absolute Gasteiger partial charge is 0.244 e. The van der Waals surface area contributed by atoms with E-state index < -0.39 is 15.9 Å². The topological polar surface area (TPSA) is 83.6 Å². The summed E-state index contributed by atoms with van der Waals surface area (Å²) >= 11 is 0. The number of hydrogen-bond donors (Lipinski definition) is 1. The fourth-order valence-corrected chi connectivity index (χ4v) is 4.59. The van der Waals surface area contributed by atoms with Crippen molar-refractivity contribution >= 4 is 21.7 Å². The van der Waals surface area contributed by atoms with Crippen LogP contribution in [0, 0.1) is 5.92 Å². The molecule has 0 aromatic carbocycles. The molecule has 2 rings (SSSR count). The molecule has 1 N–H and O–H groups in total. The van der Waals surface area contributed by atoms with Crippen molar-refractivity contribution in [2.24, 2.45) is 5.92 Å². The number of hydrogen-bond acceptors (Lipinski definition) is 4. The van der Waals surface area contributed by atoms with Crippen LogP contribution in [0.25, 0.3) is 0 Å². The van der Waals surface area contributed by atoms with Crippen LogP contribution in [0.5, 0.6) is 0 Å². The van der Waals surface area contributed by atoms with Gasteiger partial charge in [-0.3, -0.25) is 9.59 Å². The summed E-state index contributed by atoms with van der Waals surface area (Å²) in [6.07, 6.45) is 7.62. The molecule has 2 amide bonds. The molecule has 1 saturated carbocycles. The highest BCUT2D eigenvalue weighted by Gasteiger charge is 2.28. The van der Waals surface area contributed by atoms with E-state index in [-0.39, 0.29) is 36.4 Å². The van der Waals surface area contributed by atoms with Gasteiger partial charge < -0.3 is 10.2 Å². The summed E-state index contributed by atoms with van der Waals surface area (Å²) in [4.78, 5) is 25.8. The first-order valence-electron chi connectivity index (χ1n) is 8.66. The maximum absolute atomic E-state index is 12.3. The zero-order chi connectivity index (χ0) is 16.9. The van der Waals surface area contributed by atoms with Crippen LogP contribution < -0.4 is 5.32 Å². The average Bonchev–Trinajstić information content (AvgIpc) is 2.53. The first kappa shape index (κ1) is 18.2. The van der Waals surface area contributed by atoms with Gasteiger partial charge in [0.05, 0.1) is 11.5 Å². The molecule has 1 heterocycles. The Morgan fingerprint density at radius 1 is 1.13 bits per heavy atom. The molecular weight excluding hydrogens is 316 g/mol. The molecule has 0 spiro atoms. The molecule has 0 aromatic rings. The molecule has 1 atom stereocenters. The minimum atomic E-state index is -3.00. The van der Waals surface area contributed by atoms with Gasteiger partial charge in [0.2, 0.25) is 11.8 Å². The number of carbonyl (C=O) groups excluding carboxylic acids is 2. The Balaban J connectivity index is 1.71. The van der Waals surface area contributed by atoms with Crippen molar-refractivity contribution in [2.45, 2.75) is 57.9 Å². The predicted molar refractivity (Wildman–Crippen MR) is 88.6 cm³/mol. The van der Waals surface area contributed by atoms with E-state index in [0.29, 0.717) is 12.3 Å². The van der Waals surface area contributed by atoms with Gasteiger partial charge in [0, 0.05) is 19.5 Å². The number of amides is 2. The van der Waals surface area contributed by atoms with Crippen LogP contribution in [0.4, 0.5) is 0 Å². The van der Waals surface area contributed by atoms with E-state index in [2.05, 4.69) is 5.32 Å². The fraction of sp³-hybridized carbons (Fsp3) is 0.875. The van der Waals surface area contributed by atoms with Gasteiger partial charge in [-0.25, -0.2) is 8.42 Å². The third-order valence-corrected chi connectivity index (χ3v) is 6.52. The van der Waals surface area contributed by atoms with E-state index in [4.69, 9.17) is 0 Å². The summed E-state index contributed by atoms with van der Waals surface area (Å²) < 4.78 is 22.8. The molecule has 6 nitrogen and oxygen atoms in total. The second-order valence-corrected chi connectivity index (χ2v) is 9.11. The second-order valence-electron chi connectivity index (χ2n) is 6.81. The van der Waals surface area contributed by atoms with E-state index in [1.54, 1.807) is 6.92 Å². The van der Waals surface area contributed by atoms with Gasteiger partial charge >= 0.3 is 0 Å². The van der Waals surface area contributed by atoms with E-state index in [1.165, 1.54) is 37.0 Å². The van der Waals surface area contributed by atoms with Gasteiger partial charge in [0.1, 0.15) is 6.04 Å². The summed E-state index contributed by atoms with van der Waals surface area (Å²) in [5.74, 6) is 0.405. The first-order chi connectivity index (χ1) is 10.9. The highest BCUT2D eigenvalue weighted by atomic mass is 32.2. The second kappa shape index (κ2) is 8.13. The van der Waals surface area contributed by atoms with Gasteiger partial charge in [-0.1, -0.05) is 32.1 Å². The summed E-state index contributed by atoms with van der Waals surface area (Å²) in [7, 11) is -3.00. The molecule has 1 aliphatic carbocycles. The standard InChI is InChI=1S/C16H28N2O4S/c1-13(16(20)18-9-11-23(21,22)12-10-18)17-15(19)8-7-14-5-3-2-4-6-14/h13-14H,2-12H2,1H3,(H,17,19)/t13-/m1/s1. The minimum Gasteiger partial charge on any atom is -0.345 e. The number of sulfone groups is 1. The van der Waals surface area contributed by atoms with Crippen LogP contribution in [0.3, 0.4) is 0 Å². The van der Waals surface area contributed by atoms with Crippen LogP contribution in [-0.4, -0.2) is 55.8 Å². The van der Waals surface area contributed by atoms with E-state index in [0.717, 1.165) is 6.42 Å². The van der Waals surface area contributed by atoms with E-state index >= 15 is 0 Å². The summed E-state index contributed by atoms with van der Waals surface area (Å²) in [5.41, 5.74) is 0. The Bertz CT molecular complexity index is 512. The van der Waals surface area contributed by atoms with Gasteiger partial charge in [-0.2, -0.15) is 0 Å². The Kier molecular flexibility index (Phi) is 6.44. The molecule has 23 heavy (non-hydrogen) atoms. The normalized spacial score (nSPS) is 23.3. The number of nitrogens with zero attached hydrogens (tertiary/aromatic N) is 1. The van der Waals surface area contributed by atoms with Crippen molar-refractivity contribution in [3.63, 3.8) is 0 Å². The molecule has 1 aliphatic heterocycles. The summed E-state index contributed by atoms with van der Waals surface area (Å²) in [5, 5.41) is 2.76. The van der Waals surface area contributed by atoms with Gasteiger partial charge in [-0.15, -0.1) is 0 Å². The number of carbonyl (C=O) groups is 2. The Labute approximate surface area is 138 Å². The Morgan fingerprint density at radius 3 is 2.35 bits per heavy atom. The minimum absolute atomic E-state index is 0.0150. The SMILES string of the molecule is C[C@@H](NC(=O)CCC1CCCCC1)C(=O)N1CCS(=O)(=O)CC1. The van der Waals surface area contributed by atoms with E-state index in [1.807, 2.05) is 0 Å². The summed E-state index contributed by atoms with van der Waals surface area (Å²) in [6, 6.07) is -0.588. The van der Waals surface area contributed by atoms with Crippen LogP contribution in [0.15, 0.2) is 0 Å². The highest BCUT2D eigenvalue weighted by Crippen LogP contribution is 2.27. The molecule has 2 fully saturated rings. The van der Waals surface area contributed by atoms with Crippen molar-refractivity contribution in [3.05, 3.63) is 0 Å². The Hall–Kier alpha value is -1.11. The third kappa shape index (κ3) is 5.79.